The molecule has 5 unspecified atom stereocenters. The number of hydrogen-bond acceptors (Lipinski definition) is 4. The van der Waals surface area contributed by atoms with Gasteiger partial charge in [0, 0.05) is 6.04 Å². The Kier molecular flexibility index (Phi) is 21.3. The minimum Gasteiger partial charge on any atom is -0.379 e. The molecule has 0 aromatic carbocycles. The molecule has 0 spiro atoms. The smallest absolute Gasteiger partial charge is 0.120 e. The fourth-order valence-corrected chi connectivity index (χ4v) is 4.59. The number of rotatable bonds is 23. The van der Waals surface area contributed by atoms with Gasteiger partial charge >= 0.3 is 0 Å². The zero-order valence-electron chi connectivity index (χ0n) is 22.7. The molecule has 0 aliphatic rings. The Morgan fingerprint density at radius 3 is 1.47 bits per heavy atom. The maximum Gasteiger partial charge on any atom is 0.120 e. The molecule has 4 nitrogen and oxygen atoms in total. The third-order valence-electron chi connectivity index (χ3n) is 7.19. The van der Waals surface area contributed by atoms with Gasteiger partial charge in [0.25, 0.3) is 0 Å². The molecule has 0 fully saturated rings. The second-order valence-electron chi connectivity index (χ2n) is 10.5. The molecule has 32 heavy (non-hydrogen) atoms. The molecule has 0 aliphatic heterocycles. The van der Waals surface area contributed by atoms with Crippen LogP contribution in [0.15, 0.2) is 0 Å². The molecule has 0 amide bonds. The van der Waals surface area contributed by atoms with Crippen LogP contribution in [0.4, 0.5) is 0 Å². The van der Waals surface area contributed by atoms with Crippen LogP contribution in [0, 0.1) is 11.8 Å². The van der Waals surface area contributed by atoms with Gasteiger partial charge < -0.3 is 10.2 Å². The zero-order chi connectivity index (χ0) is 24.2. The third kappa shape index (κ3) is 16.5. The molecule has 0 saturated carbocycles. The number of aliphatic hydroxyl groups excluding tert-OH is 2. The van der Waals surface area contributed by atoms with Crippen molar-refractivity contribution in [3.05, 3.63) is 0 Å². The van der Waals surface area contributed by atoms with Gasteiger partial charge in [0.15, 0.2) is 0 Å². The molecule has 0 aromatic heterocycles. The number of hydrogen-bond donors (Lipinski definition) is 4. The summed E-state index contributed by atoms with van der Waals surface area (Å²) in [7, 11) is 0. The van der Waals surface area contributed by atoms with Crippen LogP contribution < -0.4 is 10.6 Å². The van der Waals surface area contributed by atoms with Crippen molar-refractivity contribution < 1.29 is 10.2 Å². The van der Waals surface area contributed by atoms with Crippen LogP contribution in [0.5, 0.6) is 0 Å². The Hall–Kier alpha value is -0.160. The summed E-state index contributed by atoms with van der Waals surface area (Å²) in [5.41, 5.74) is 0. The molecule has 5 atom stereocenters. The fourth-order valence-electron chi connectivity index (χ4n) is 4.59. The van der Waals surface area contributed by atoms with Gasteiger partial charge in [-0.1, -0.05) is 125 Å². The topological polar surface area (TPSA) is 64.5 Å². The molecule has 0 aromatic rings. The minimum atomic E-state index is -0.640. The van der Waals surface area contributed by atoms with E-state index in [0.29, 0.717) is 11.8 Å². The van der Waals surface area contributed by atoms with E-state index in [2.05, 4.69) is 52.2 Å². The van der Waals surface area contributed by atoms with Crippen LogP contribution in [-0.2, 0) is 0 Å². The highest BCUT2D eigenvalue weighted by molar-refractivity contribution is 4.83. The second-order valence-corrected chi connectivity index (χ2v) is 10.5. The van der Waals surface area contributed by atoms with Crippen LogP contribution in [0.25, 0.3) is 0 Å². The molecule has 0 radical (unpaired) electrons. The number of nitrogens with one attached hydrogen (secondary N) is 2. The zero-order valence-corrected chi connectivity index (χ0v) is 22.7. The van der Waals surface area contributed by atoms with Crippen molar-refractivity contribution in [2.45, 2.75) is 169 Å². The third-order valence-corrected chi connectivity index (χ3v) is 7.19. The maximum absolute atomic E-state index is 10.8. The Morgan fingerprint density at radius 2 is 1.06 bits per heavy atom. The van der Waals surface area contributed by atoms with Gasteiger partial charge in [0.1, 0.15) is 12.5 Å². The highest BCUT2D eigenvalue weighted by Crippen LogP contribution is 2.16. The van der Waals surface area contributed by atoms with Gasteiger partial charge in [-0.05, 0) is 31.1 Å². The van der Waals surface area contributed by atoms with E-state index in [1.165, 1.54) is 77.0 Å². The molecule has 4 N–H and O–H groups in total. The maximum atomic E-state index is 10.8. The van der Waals surface area contributed by atoms with E-state index >= 15 is 0 Å². The molecule has 0 heterocycles. The summed E-state index contributed by atoms with van der Waals surface area (Å²) in [5.74, 6) is 0.770. The molecule has 0 aliphatic carbocycles. The summed E-state index contributed by atoms with van der Waals surface area (Å²) in [6.07, 6.45) is 18.9. The van der Waals surface area contributed by atoms with E-state index in [0.717, 1.165) is 25.7 Å². The van der Waals surface area contributed by atoms with Crippen molar-refractivity contribution in [2.75, 3.05) is 0 Å². The van der Waals surface area contributed by atoms with E-state index in [-0.39, 0.29) is 12.1 Å². The largest absolute Gasteiger partial charge is 0.379 e. The molecular weight excluding hydrogens is 396 g/mol. The Balaban J connectivity index is 3.96. The highest BCUT2D eigenvalue weighted by atomic mass is 16.3. The lowest BCUT2D eigenvalue weighted by atomic mass is 9.95. The highest BCUT2D eigenvalue weighted by Gasteiger charge is 2.28. The van der Waals surface area contributed by atoms with Crippen LogP contribution in [0.1, 0.15) is 144 Å². The molecule has 4 heteroatoms. The number of unbranched alkanes of at least 4 members (excludes halogenated alkanes) is 12. The van der Waals surface area contributed by atoms with Gasteiger partial charge in [-0.3, -0.25) is 10.6 Å². The molecular formula is C28H60N2O2. The van der Waals surface area contributed by atoms with Gasteiger partial charge in [-0.15, -0.1) is 0 Å². The standard InChI is InChI=1S/C28H60N2O2/c1-7-10-11-12-13-14-15-16-17-18-19-20-21-22-26(31)30-27(24(6)8-2)28(32)29-25(9-3)23(4)5/h23-32H,7-22H2,1-6H3. The Morgan fingerprint density at radius 1 is 0.594 bits per heavy atom. The minimum absolute atomic E-state index is 0.134. The summed E-state index contributed by atoms with van der Waals surface area (Å²) in [5, 5.41) is 28.1. The van der Waals surface area contributed by atoms with Gasteiger partial charge in [-0.25, -0.2) is 0 Å². The van der Waals surface area contributed by atoms with Crippen molar-refractivity contribution in [2.24, 2.45) is 11.8 Å². The normalized spacial score (nSPS) is 16.8. The molecule has 194 valence electrons. The first-order chi connectivity index (χ1) is 15.4. The lowest BCUT2D eigenvalue weighted by molar-refractivity contribution is 0.0135. The van der Waals surface area contributed by atoms with Crippen molar-refractivity contribution in [1.29, 1.82) is 0 Å². The van der Waals surface area contributed by atoms with Crippen LogP contribution in [-0.4, -0.2) is 34.8 Å². The van der Waals surface area contributed by atoms with E-state index in [9.17, 15) is 10.2 Å². The Labute approximate surface area is 201 Å². The lowest BCUT2D eigenvalue weighted by Gasteiger charge is -2.35. The van der Waals surface area contributed by atoms with E-state index in [1.807, 2.05) is 0 Å². The van der Waals surface area contributed by atoms with Crippen molar-refractivity contribution in [3.8, 4) is 0 Å². The quantitative estimate of drug-likeness (QED) is 0.0975. The summed E-state index contributed by atoms with van der Waals surface area (Å²) in [6.45, 7) is 13.1. The van der Waals surface area contributed by atoms with Crippen LogP contribution >= 0.6 is 0 Å². The average molecular weight is 457 g/mol. The first-order valence-corrected chi connectivity index (χ1v) is 14.2. The second kappa shape index (κ2) is 21.4. The van der Waals surface area contributed by atoms with Crippen molar-refractivity contribution >= 4 is 0 Å². The van der Waals surface area contributed by atoms with Gasteiger partial charge in [-0.2, -0.15) is 0 Å². The fraction of sp³-hybridized carbons (Fsp3) is 1.00. The number of aliphatic hydroxyl groups is 2. The predicted molar refractivity (Wildman–Crippen MR) is 141 cm³/mol. The Bertz CT molecular complexity index is 392. The van der Waals surface area contributed by atoms with E-state index in [1.54, 1.807) is 0 Å². The summed E-state index contributed by atoms with van der Waals surface area (Å²) < 4.78 is 0. The first-order valence-electron chi connectivity index (χ1n) is 14.2. The SMILES string of the molecule is CCCCCCCCCCCCCCCC(O)NC(C(C)CC)C(O)NC(CC)C(C)C. The predicted octanol–water partition coefficient (Wildman–Crippen LogP) is 7.13. The van der Waals surface area contributed by atoms with Crippen LogP contribution in [0.2, 0.25) is 0 Å². The van der Waals surface area contributed by atoms with Crippen molar-refractivity contribution in [3.63, 3.8) is 0 Å². The summed E-state index contributed by atoms with van der Waals surface area (Å²) >= 11 is 0. The van der Waals surface area contributed by atoms with E-state index < -0.39 is 12.5 Å². The molecule has 0 rings (SSSR count). The van der Waals surface area contributed by atoms with E-state index in [4.69, 9.17) is 0 Å². The van der Waals surface area contributed by atoms with Gasteiger partial charge in [0.2, 0.25) is 0 Å². The summed E-state index contributed by atoms with van der Waals surface area (Å²) in [4.78, 5) is 0. The average Bonchev–Trinajstić information content (AvgIpc) is 2.77. The molecule has 0 saturated heterocycles. The molecule has 0 bridgehead atoms. The summed E-state index contributed by atoms with van der Waals surface area (Å²) in [6, 6.07) is 0.154. The van der Waals surface area contributed by atoms with Gasteiger partial charge in [0.05, 0.1) is 6.04 Å². The monoisotopic (exact) mass is 456 g/mol. The first kappa shape index (κ1) is 31.8. The van der Waals surface area contributed by atoms with Crippen molar-refractivity contribution in [1.82, 2.24) is 10.6 Å². The van der Waals surface area contributed by atoms with Crippen LogP contribution in [0.3, 0.4) is 0 Å². The lowest BCUT2D eigenvalue weighted by Crippen LogP contribution is -2.57.